The number of amides is 1. The minimum Gasteiger partial charge on any atom is -0.466 e. The predicted octanol–water partition coefficient (Wildman–Crippen LogP) is 3.60. The van der Waals surface area contributed by atoms with E-state index in [-0.39, 0.29) is 11.9 Å². The molecule has 0 saturated carbocycles. The number of hydrogen-bond acceptors (Lipinski definition) is 6. The van der Waals surface area contributed by atoms with Crippen molar-refractivity contribution in [2.45, 2.75) is 32.6 Å². The molecule has 0 bridgehead atoms. The van der Waals surface area contributed by atoms with Crippen LogP contribution in [0.4, 0.5) is 0 Å². The number of thiocarbonyl (C=S) groups is 1. The summed E-state index contributed by atoms with van der Waals surface area (Å²) in [6.07, 6.45) is 6.11. The van der Waals surface area contributed by atoms with Gasteiger partial charge in [0.15, 0.2) is 0 Å². The standard InChI is InChI=1S/C16H19NO4S2/c1-2-20-14(18)8-4-3-5-9-17-15(19)13(23-16(17)22)11-12-7-6-10-21-12/h6-7,10-11H,2-5,8-9H2,1H3/b13-11+. The maximum atomic E-state index is 12.3. The molecule has 23 heavy (non-hydrogen) atoms. The molecule has 5 nitrogen and oxygen atoms in total. The van der Waals surface area contributed by atoms with Crippen LogP contribution in [0, 0.1) is 0 Å². The number of esters is 1. The molecule has 0 unspecified atom stereocenters. The summed E-state index contributed by atoms with van der Waals surface area (Å²) in [5.74, 6) is 0.390. The van der Waals surface area contributed by atoms with Gasteiger partial charge in [-0.15, -0.1) is 0 Å². The number of carbonyl (C=O) groups is 2. The van der Waals surface area contributed by atoms with E-state index in [1.165, 1.54) is 11.8 Å². The quantitative estimate of drug-likeness (QED) is 0.308. The number of thioether (sulfide) groups is 1. The summed E-state index contributed by atoms with van der Waals surface area (Å²) >= 11 is 6.56. The number of ether oxygens (including phenoxy) is 1. The second-order valence-corrected chi connectivity index (χ2v) is 6.64. The van der Waals surface area contributed by atoms with Crippen LogP contribution in [0.1, 0.15) is 38.4 Å². The van der Waals surface area contributed by atoms with Gasteiger partial charge in [0.05, 0.1) is 17.8 Å². The molecule has 0 N–H and O–H groups in total. The first kappa shape index (κ1) is 17.7. The van der Waals surface area contributed by atoms with E-state index >= 15 is 0 Å². The molecule has 0 aromatic carbocycles. The van der Waals surface area contributed by atoms with E-state index in [1.807, 2.05) is 0 Å². The zero-order chi connectivity index (χ0) is 16.7. The molecule has 1 saturated heterocycles. The van der Waals surface area contributed by atoms with Crippen molar-refractivity contribution < 1.29 is 18.7 Å². The third-order valence-electron chi connectivity index (χ3n) is 3.26. The van der Waals surface area contributed by atoms with Crippen LogP contribution in [0.3, 0.4) is 0 Å². The highest BCUT2D eigenvalue weighted by molar-refractivity contribution is 8.26. The molecule has 1 aromatic rings. The zero-order valence-electron chi connectivity index (χ0n) is 12.9. The van der Waals surface area contributed by atoms with Gasteiger partial charge in [0.25, 0.3) is 5.91 Å². The lowest BCUT2D eigenvalue weighted by Gasteiger charge is -2.13. The van der Waals surface area contributed by atoms with Gasteiger partial charge in [0.1, 0.15) is 10.1 Å². The van der Waals surface area contributed by atoms with E-state index in [1.54, 1.807) is 36.3 Å². The molecule has 0 aliphatic carbocycles. The van der Waals surface area contributed by atoms with Crippen LogP contribution in [-0.2, 0) is 14.3 Å². The minimum atomic E-state index is -0.167. The molecule has 0 spiro atoms. The van der Waals surface area contributed by atoms with E-state index in [2.05, 4.69) is 0 Å². The smallest absolute Gasteiger partial charge is 0.305 e. The summed E-state index contributed by atoms with van der Waals surface area (Å²) in [4.78, 5) is 25.8. The van der Waals surface area contributed by atoms with Gasteiger partial charge in [-0.1, -0.05) is 30.4 Å². The molecule has 1 aromatic heterocycles. The molecule has 7 heteroatoms. The minimum absolute atomic E-state index is 0.0817. The first-order valence-corrected chi connectivity index (χ1v) is 8.78. The van der Waals surface area contributed by atoms with Gasteiger partial charge in [0.2, 0.25) is 0 Å². The van der Waals surface area contributed by atoms with Gasteiger partial charge in [-0.05, 0) is 31.9 Å². The van der Waals surface area contributed by atoms with Gasteiger partial charge in [-0.3, -0.25) is 14.5 Å². The Hall–Kier alpha value is -1.60. The summed E-state index contributed by atoms with van der Waals surface area (Å²) in [6, 6.07) is 3.57. The van der Waals surface area contributed by atoms with E-state index in [0.717, 1.165) is 19.3 Å². The van der Waals surface area contributed by atoms with Crippen LogP contribution >= 0.6 is 24.0 Å². The topological polar surface area (TPSA) is 59.8 Å². The fourth-order valence-electron chi connectivity index (χ4n) is 2.14. The number of carbonyl (C=O) groups excluding carboxylic acids is 2. The van der Waals surface area contributed by atoms with Crippen molar-refractivity contribution in [3.05, 3.63) is 29.1 Å². The Balaban J connectivity index is 1.76. The summed E-state index contributed by atoms with van der Waals surface area (Å²) in [5, 5.41) is 0. The highest BCUT2D eigenvalue weighted by Crippen LogP contribution is 2.32. The molecular formula is C16H19NO4S2. The van der Waals surface area contributed by atoms with Crippen LogP contribution in [0.25, 0.3) is 6.08 Å². The largest absolute Gasteiger partial charge is 0.466 e. The molecule has 124 valence electrons. The fourth-order valence-corrected chi connectivity index (χ4v) is 3.43. The highest BCUT2D eigenvalue weighted by atomic mass is 32.2. The predicted molar refractivity (Wildman–Crippen MR) is 93.7 cm³/mol. The van der Waals surface area contributed by atoms with E-state index < -0.39 is 0 Å². The average Bonchev–Trinajstić information content (AvgIpc) is 3.11. The van der Waals surface area contributed by atoms with Crippen molar-refractivity contribution in [1.82, 2.24) is 4.90 Å². The van der Waals surface area contributed by atoms with E-state index in [4.69, 9.17) is 21.4 Å². The van der Waals surface area contributed by atoms with Crippen molar-refractivity contribution in [1.29, 1.82) is 0 Å². The van der Waals surface area contributed by atoms with Crippen LogP contribution in [0.2, 0.25) is 0 Å². The highest BCUT2D eigenvalue weighted by Gasteiger charge is 2.31. The average molecular weight is 353 g/mol. The van der Waals surface area contributed by atoms with Gasteiger partial charge in [0, 0.05) is 19.0 Å². The zero-order valence-corrected chi connectivity index (χ0v) is 14.6. The lowest BCUT2D eigenvalue weighted by molar-refractivity contribution is -0.143. The van der Waals surface area contributed by atoms with Crippen molar-refractivity contribution in [3.8, 4) is 0 Å². The molecule has 2 rings (SSSR count). The second kappa shape index (κ2) is 8.88. The summed E-state index contributed by atoms with van der Waals surface area (Å²) in [6.45, 7) is 2.78. The van der Waals surface area contributed by atoms with Gasteiger partial charge >= 0.3 is 5.97 Å². The van der Waals surface area contributed by atoms with Crippen molar-refractivity contribution in [2.24, 2.45) is 0 Å². The molecule has 2 heterocycles. The Labute approximate surface area is 145 Å². The summed E-state index contributed by atoms with van der Waals surface area (Å²) < 4.78 is 10.7. The Bertz CT molecular complexity index is 595. The Morgan fingerprint density at radius 2 is 2.26 bits per heavy atom. The molecule has 1 amide bonds. The normalized spacial score (nSPS) is 16.4. The van der Waals surface area contributed by atoms with Crippen LogP contribution < -0.4 is 0 Å². The Kier molecular flexibility index (Phi) is 6.85. The molecule has 0 radical (unpaired) electrons. The third-order valence-corrected chi connectivity index (χ3v) is 4.64. The fraction of sp³-hybridized carbons (Fsp3) is 0.438. The SMILES string of the molecule is CCOC(=O)CCCCCN1C(=O)/C(=C\c2ccco2)SC1=S. The van der Waals surface area contributed by atoms with Crippen LogP contribution in [0.15, 0.2) is 27.7 Å². The van der Waals surface area contributed by atoms with Gasteiger partial charge in [-0.25, -0.2) is 0 Å². The number of rotatable bonds is 8. The lowest BCUT2D eigenvalue weighted by Crippen LogP contribution is -2.29. The first-order valence-electron chi connectivity index (χ1n) is 7.56. The number of hydrogen-bond donors (Lipinski definition) is 0. The monoisotopic (exact) mass is 353 g/mol. The van der Waals surface area contributed by atoms with Crippen molar-refractivity contribution in [2.75, 3.05) is 13.2 Å². The maximum absolute atomic E-state index is 12.3. The van der Waals surface area contributed by atoms with E-state index in [0.29, 0.717) is 34.6 Å². The number of unbranched alkanes of at least 4 members (excludes halogenated alkanes) is 2. The molecule has 1 fully saturated rings. The Morgan fingerprint density at radius 1 is 1.43 bits per heavy atom. The molecule has 1 aliphatic heterocycles. The third kappa shape index (κ3) is 5.21. The Morgan fingerprint density at radius 3 is 2.96 bits per heavy atom. The second-order valence-electron chi connectivity index (χ2n) is 4.96. The van der Waals surface area contributed by atoms with Crippen molar-refractivity contribution >= 4 is 46.3 Å². The van der Waals surface area contributed by atoms with Crippen LogP contribution in [0.5, 0.6) is 0 Å². The molecule has 1 aliphatic rings. The van der Waals surface area contributed by atoms with Gasteiger partial charge < -0.3 is 9.15 Å². The lowest BCUT2D eigenvalue weighted by atomic mass is 10.2. The summed E-state index contributed by atoms with van der Waals surface area (Å²) in [7, 11) is 0. The van der Waals surface area contributed by atoms with E-state index in [9.17, 15) is 9.59 Å². The molecule has 0 atom stereocenters. The first-order chi connectivity index (χ1) is 11.1. The van der Waals surface area contributed by atoms with Crippen molar-refractivity contribution in [3.63, 3.8) is 0 Å². The summed E-state index contributed by atoms with van der Waals surface area (Å²) in [5.41, 5.74) is 0. The van der Waals surface area contributed by atoms with Crippen LogP contribution in [-0.4, -0.2) is 34.2 Å². The van der Waals surface area contributed by atoms with Gasteiger partial charge in [-0.2, -0.15) is 0 Å². The number of nitrogens with zero attached hydrogens (tertiary/aromatic N) is 1. The molecular weight excluding hydrogens is 334 g/mol. The maximum Gasteiger partial charge on any atom is 0.305 e. The number of furan rings is 1.